The van der Waals surface area contributed by atoms with Crippen molar-refractivity contribution < 1.29 is 4.52 Å². The number of rotatable bonds is 5. The van der Waals surface area contributed by atoms with Crippen molar-refractivity contribution in [3.05, 3.63) is 47.7 Å². The first-order valence-corrected chi connectivity index (χ1v) is 9.31. The molecule has 1 atom stereocenters. The molecule has 132 valence electrons. The molecular formula is C20H26N4O. The number of hydrogen-bond donors (Lipinski definition) is 0. The van der Waals surface area contributed by atoms with Gasteiger partial charge in [-0.3, -0.25) is 4.90 Å². The van der Waals surface area contributed by atoms with E-state index in [4.69, 9.17) is 4.52 Å². The fraction of sp³-hybridized carbons (Fsp3) is 0.500. The molecule has 0 unspecified atom stereocenters. The van der Waals surface area contributed by atoms with Crippen molar-refractivity contribution in [1.29, 1.82) is 0 Å². The normalized spacial score (nSPS) is 18.6. The van der Waals surface area contributed by atoms with E-state index in [0.717, 1.165) is 37.8 Å². The average Bonchev–Trinajstić information content (AvgIpc) is 3.33. The molecule has 0 aliphatic carbocycles. The van der Waals surface area contributed by atoms with E-state index in [1.54, 1.807) is 0 Å². The predicted octanol–water partition coefficient (Wildman–Crippen LogP) is 4.50. The van der Waals surface area contributed by atoms with E-state index in [1.807, 2.05) is 0 Å². The molecule has 1 fully saturated rings. The Balaban J connectivity index is 1.56. The zero-order valence-corrected chi connectivity index (χ0v) is 15.3. The van der Waals surface area contributed by atoms with Crippen LogP contribution in [0.1, 0.15) is 62.9 Å². The van der Waals surface area contributed by atoms with E-state index < -0.39 is 0 Å². The molecular weight excluding hydrogens is 312 g/mol. The zero-order chi connectivity index (χ0) is 17.4. The summed E-state index contributed by atoms with van der Waals surface area (Å²) in [6.45, 7) is 9.38. The highest BCUT2D eigenvalue weighted by atomic mass is 16.5. The minimum Gasteiger partial charge on any atom is -0.348 e. The number of fused-ring (bicyclic) bond motifs is 1. The maximum atomic E-state index is 5.57. The second-order valence-electron chi connectivity index (χ2n) is 7.27. The van der Waals surface area contributed by atoms with Gasteiger partial charge < -0.3 is 9.09 Å². The second-order valence-corrected chi connectivity index (χ2v) is 7.27. The van der Waals surface area contributed by atoms with Crippen LogP contribution < -0.4 is 0 Å². The van der Waals surface area contributed by atoms with Crippen molar-refractivity contribution in [3.63, 3.8) is 0 Å². The largest absolute Gasteiger partial charge is 0.348 e. The monoisotopic (exact) mass is 338 g/mol. The fourth-order valence-electron chi connectivity index (χ4n) is 3.75. The van der Waals surface area contributed by atoms with Crippen molar-refractivity contribution in [2.45, 2.75) is 58.7 Å². The summed E-state index contributed by atoms with van der Waals surface area (Å²) in [5, 5.41) is 5.45. The SMILES string of the molecule is CCn1ccc2ccc(CN3CCC[C@@H]3c3nc(C(C)C)no3)cc21. The topological polar surface area (TPSA) is 47.1 Å². The van der Waals surface area contributed by atoms with Crippen LogP contribution in [0.3, 0.4) is 0 Å². The van der Waals surface area contributed by atoms with E-state index in [0.29, 0.717) is 5.92 Å². The van der Waals surface area contributed by atoms with Gasteiger partial charge in [-0.25, -0.2) is 0 Å². The van der Waals surface area contributed by atoms with Crippen LogP contribution in [0.25, 0.3) is 10.9 Å². The van der Waals surface area contributed by atoms with E-state index in [1.165, 1.54) is 22.9 Å². The molecule has 5 heteroatoms. The quantitative estimate of drug-likeness (QED) is 0.687. The van der Waals surface area contributed by atoms with E-state index >= 15 is 0 Å². The molecule has 0 N–H and O–H groups in total. The van der Waals surface area contributed by atoms with Crippen LogP contribution in [0.2, 0.25) is 0 Å². The Morgan fingerprint density at radius 3 is 2.92 bits per heavy atom. The highest BCUT2D eigenvalue weighted by molar-refractivity contribution is 5.80. The van der Waals surface area contributed by atoms with E-state index in [9.17, 15) is 0 Å². The van der Waals surface area contributed by atoms with Crippen LogP contribution >= 0.6 is 0 Å². The van der Waals surface area contributed by atoms with Gasteiger partial charge in [0, 0.05) is 30.7 Å². The van der Waals surface area contributed by atoms with Crippen LogP contribution in [-0.4, -0.2) is 26.2 Å². The maximum Gasteiger partial charge on any atom is 0.244 e. The third kappa shape index (κ3) is 3.09. The fourth-order valence-corrected chi connectivity index (χ4v) is 3.75. The second kappa shape index (κ2) is 6.64. The lowest BCUT2D eigenvalue weighted by Crippen LogP contribution is -2.23. The first-order chi connectivity index (χ1) is 12.2. The highest BCUT2D eigenvalue weighted by Crippen LogP contribution is 2.33. The van der Waals surface area contributed by atoms with Crippen LogP contribution in [0, 0.1) is 0 Å². The van der Waals surface area contributed by atoms with Gasteiger partial charge in [0.05, 0.1) is 6.04 Å². The van der Waals surface area contributed by atoms with Gasteiger partial charge in [-0.1, -0.05) is 31.1 Å². The lowest BCUT2D eigenvalue weighted by atomic mass is 10.1. The summed E-state index contributed by atoms with van der Waals surface area (Å²) in [7, 11) is 0. The molecule has 1 saturated heterocycles. The Morgan fingerprint density at radius 1 is 1.28 bits per heavy atom. The van der Waals surface area contributed by atoms with Crippen molar-refractivity contribution in [1.82, 2.24) is 19.6 Å². The van der Waals surface area contributed by atoms with Gasteiger partial charge in [0.2, 0.25) is 5.89 Å². The molecule has 1 aliphatic rings. The van der Waals surface area contributed by atoms with Crippen LogP contribution in [0.4, 0.5) is 0 Å². The van der Waals surface area contributed by atoms with Crippen molar-refractivity contribution >= 4 is 10.9 Å². The van der Waals surface area contributed by atoms with Gasteiger partial charge in [0.15, 0.2) is 5.82 Å². The Hall–Kier alpha value is -2.14. The Labute approximate surface area is 148 Å². The molecule has 0 radical (unpaired) electrons. The zero-order valence-electron chi connectivity index (χ0n) is 15.3. The van der Waals surface area contributed by atoms with E-state index in [2.05, 4.69) is 70.8 Å². The maximum absolute atomic E-state index is 5.57. The average molecular weight is 338 g/mol. The Morgan fingerprint density at radius 2 is 2.16 bits per heavy atom. The third-order valence-electron chi connectivity index (χ3n) is 5.19. The van der Waals surface area contributed by atoms with Gasteiger partial charge >= 0.3 is 0 Å². The standard InChI is InChI=1S/C20H26N4O/c1-4-23-11-9-16-8-7-15(12-18(16)23)13-24-10-5-6-17(24)20-21-19(14(2)3)22-25-20/h7-9,11-12,14,17H,4-6,10,13H2,1-3H3/t17-/m1/s1. The molecule has 0 saturated carbocycles. The van der Waals surface area contributed by atoms with Crippen molar-refractivity contribution in [3.8, 4) is 0 Å². The van der Waals surface area contributed by atoms with Gasteiger partial charge in [-0.2, -0.15) is 4.98 Å². The number of nitrogens with zero attached hydrogens (tertiary/aromatic N) is 4. The molecule has 0 amide bonds. The highest BCUT2D eigenvalue weighted by Gasteiger charge is 2.31. The van der Waals surface area contributed by atoms with Gasteiger partial charge in [0.1, 0.15) is 0 Å². The lowest BCUT2D eigenvalue weighted by molar-refractivity contribution is 0.201. The summed E-state index contributed by atoms with van der Waals surface area (Å²) < 4.78 is 7.86. The number of likely N-dealkylation sites (tertiary alicyclic amines) is 1. The smallest absolute Gasteiger partial charge is 0.244 e. The first-order valence-electron chi connectivity index (χ1n) is 9.31. The molecule has 0 bridgehead atoms. The molecule has 1 aromatic carbocycles. The van der Waals surface area contributed by atoms with Gasteiger partial charge in [0.25, 0.3) is 0 Å². The number of aromatic nitrogens is 3. The molecule has 0 spiro atoms. The summed E-state index contributed by atoms with van der Waals surface area (Å²) in [5.74, 6) is 1.89. The lowest BCUT2D eigenvalue weighted by Gasteiger charge is -2.21. The minimum absolute atomic E-state index is 0.244. The van der Waals surface area contributed by atoms with Crippen LogP contribution in [0.5, 0.6) is 0 Å². The molecule has 2 aromatic heterocycles. The summed E-state index contributed by atoms with van der Waals surface area (Å²) in [4.78, 5) is 7.10. The van der Waals surface area contributed by atoms with Crippen LogP contribution in [-0.2, 0) is 13.1 Å². The Kier molecular flexibility index (Phi) is 4.34. The number of aryl methyl sites for hydroxylation is 1. The molecule has 3 heterocycles. The number of hydrogen-bond acceptors (Lipinski definition) is 4. The van der Waals surface area contributed by atoms with Crippen LogP contribution in [0.15, 0.2) is 35.0 Å². The molecule has 3 aromatic rings. The minimum atomic E-state index is 0.244. The summed E-state index contributed by atoms with van der Waals surface area (Å²) in [6, 6.07) is 9.22. The Bertz CT molecular complexity index is 864. The third-order valence-corrected chi connectivity index (χ3v) is 5.19. The van der Waals surface area contributed by atoms with E-state index in [-0.39, 0.29) is 6.04 Å². The summed E-state index contributed by atoms with van der Waals surface area (Å²) in [6.07, 6.45) is 4.43. The summed E-state index contributed by atoms with van der Waals surface area (Å²) in [5.41, 5.74) is 2.66. The molecule has 5 nitrogen and oxygen atoms in total. The molecule has 4 rings (SSSR count). The van der Waals surface area contributed by atoms with Gasteiger partial charge in [-0.15, -0.1) is 0 Å². The number of benzene rings is 1. The van der Waals surface area contributed by atoms with Crippen molar-refractivity contribution in [2.24, 2.45) is 0 Å². The first kappa shape index (κ1) is 16.3. The summed E-state index contributed by atoms with van der Waals surface area (Å²) >= 11 is 0. The molecule has 25 heavy (non-hydrogen) atoms. The molecule has 1 aliphatic heterocycles. The van der Waals surface area contributed by atoms with Gasteiger partial charge in [-0.05, 0) is 49.4 Å². The van der Waals surface area contributed by atoms with Crippen molar-refractivity contribution in [2.75, 3.05) is 6.54 Å². The predicted molar refractivity (Wildman–Crippen MR) is 98.4 cm³/mol.